The molecule has 0 heterocycles. The van der Waals surface area contributed by atoms with E-state index in [1.807, 2.05) is 19.9 Å². The maximum absolute atomic E-state index is 10.3. The van der Waals surface area contributed by atoms with E-state index >= 15 is 0 Å². The van der Waals surface area contributed by atoms with E-state index in [9.17, 15) is 10.2 Å². The first kappa shape index (κ1) is 19.1. The molecule has 0 bridgehead atoms. The summed E-state index contributed by atoms with van der Waals surface area (Å²) in [7, 11) is 1.81. The number of nitrogens with one attached hydrogen (secondary N) is 2. The van der Waals surface area contributed by atoms with Crippen molar-refractivity contribution in [3.8, 4) is 0 Å². The molecule has 0 aromatic carbocycles. The fraction of sp³-hybridized carbons (Fsp3) is 0.625. The Balaban J connectivity index is 4.73. The SMILES string of the molecule is C=C/C(=C\C(=C)C)CC(NC)C(O)NC(CC)C(C)O. The Morgan fingerprint density at radius 2 is 1.90 bits per heavy atom. The van der Waals surface area contributed by atoms with Crippen molar-refractivity contribution >= 4 is 0 Å². The zero-order valence-corrected chi connectivity index (χ0v) is 13.2. The van der Waals surface area contributed by atoms with Gasteiger partial charge in [-0.2, -0.15) is 0 Å². The highest BCUT2D eigenvalue weighted by Crippen LogP contribution is 2.12. The molecule has 0 aliphatic heterocycles. The number of aliphatic hydroxyl groups is 2. The third-order valence-electron chi connectivity index (χ3n) is 3.31. The van der Waals surface area contributed by atoms with Crippen molar-refractivity contribution in [3.63, 3.8) is 0 Å². The monoisotopic (exact) mass is 282 g/mol. The molecule has 0 aromatic rings. The minimum absolute atomic E-state index is 0.127. The maximum atomic E-state index is 10.3. The fourth-order valence-electron chi connectivity index (χ4n) is 2.08. The zero-order chi connectivity index (χ0) is 15.7. The Morgan fingerprint density at radius 3 is 2.25 bits per heavy atom. The van der Waals surface area contributed by atoms with Crippen molar-refractivity contribution in [2.24, 2.45) is 0 Å². The zero-order valence-electron chi connectivity index (χ0n) is 13.2. The molecule has 0 aliphatic rings. The molecule has 4 atom stereocenters. The van der Waals surface area contributed by atoms with Crippen LogP contribution >= 0.6 is 0 Å². The van der Waals surface area contributed by atoms with Crippen molar-refractivity contribution in [2.75, 3.05) is 7.05 Å². The van der Waals surface area contributed by atoms with Gasteiger partial charge in [0.2, 0.25) is 0 Å². The number of likely N-dealkylation sites (N-methyl/N-ethyl adjacent to an activating group) is 1. The average molecular weight is 282 g/mol. The lowest BCUT2D eigenvalue weighted by Gasteiger charge is -2.29. The van der Waals surface area contributed by atoms with E-state index in [1.165, 1.54) is 0 Å². The van der Waals surface area contributed by atoms with Gasteiger partial charge in [0.05, 0.1) is 12.1 Å². The summed E-state index contributed by atoms with van der Waals surface area (Å²) < 4.78 is 0. The first-order valence-electron chi connectivity index (χ1n) is 7.13. The van der Waals surface area contributed by atoms with Gasteiger partial charge in [0.15, 0.2) is 0 Å². The molecule has 0 aromatic heterocycles. The van der Waals surface area contributed by atoms with Gasteiger partial charge >= 0.3 is 0 Å². The number of hydrogen-bond acceptors (Lipinski definition) is 4. The Kier molecular flexibility index (Phi) is 9.42. The van der Waals surface area contributed by atoms with Crippen LogP contribution < -0.4 is 10.6 Å². The van der Waals surface area contributed by atoms with Crippen molar-refractivity contribution in [1.82, 2.24) is 10.6 Å². The first-order valence-corrected chi connectivity index (χ1v) is 7.13. The lowest BCUT2D eigenvalue weighted by molar-refractivity contribution is 0.0493. The van der Waals surface area contributed by atoms with Crippen LogP contribution in [0.1, 0.15) is 33.6 Å². The summed E-state index contributed by atoms with van der Waals surface area (Å²) in [6.07, 6.45) is 3.87. The van der Waals surface area contributed by atoms with Crippen molar-refractivity contribution in [3.05, 3.63) is 36.5 Å². The third kappa shape index (κ3) is 7.01. The maximum Gasteiger partial charge on any atom is 0.121 e. The Hall–Kier alpha value is -0.940. The van der Waals surface area contributed by atoms with Gasteiger partial charge in [-0.05, 0) is 39.3 Å². The molecule has 0 radical (unpaired) electrons. The van der Waals surface area contributed by atoms with Gasteiger partial charge in [-0.15, -0.1) is 0 Å². The summed E-state index contributed by atoms with van der Waals surface area (Å²) in [5.74, 6) is 0. The van der Waals surface area contributed by atoms with E-state index in [0.29, 0.717) is 6.42 Å². The van der Waals surface area contributed by atoms with Crippen LogP contribution in [0.15, 0.2) is 36.5 Å². The summed E-state index contributed by atoms with van der Waals surface area (Å²) in [5, 5.41) is 26.1. The molecule has 4 nitrogen and oxygen atoms in total. The van der Waals surface area contributed by atoms with Gasteiger partial charge in [-0.3, -0.25) is 5.32 Å². The molecule has 0 fully saturated rings. The van der Waals surface area contributed by atoms with Gasteiger partial charge in [0, 0.05) is 6.04 Å². The molecule has 20 heavy (non-hydrogen) atoms. The summed E-state index contributed by atoms with van der Waals surface area (Å²) in [5.41, 5.74) is 1.97. The lowest BCUT2D eigenvalue weighted by Crippen LogP contribution is -2.53. The normalized spacial score (nSPS) is 18.2. The van der Waals surface area contributed by atoms with Crippen molar-refractivity contribution in [1.29, 1.82) is 0 Å². The minimum atomic E-state index is -0.743. The highest BCUT2D eigenvalue weighted by atomic mass is 16.3. The molecule has 0 saturated carbocycles. The summed E-state index contributed by atoms with van der Waals surface area (Å²) >= 11 is 0. The predicted octanol–water partition coefficient (Wildman–Crippen LogP) is 1.72. The predicted molar refractivity (Wildman–Crippen MR) is 85.5 cm³/mol. The lowest BCUT2D eigenvalue weighted by atomic mass is 10.0. The average Bonchev–Trinajstić information content (AvgIpc) is 2.39. The summed E-state index contributed by atoms with van der Waals surface area (Å²) in [6, 6.07) is -0.287. The second-order valence-corrected chi connectivity index (χ2v) is 5.24. The highest BCUT2D eigenvalue weighted by Gasteiger charge is 2.22. The van der Waals surface area contributed by atoms with E-state index in [0.717, 1.165) is 17.6 Å². The highest BCUT2D eigenvalue weighted by molar-refractivity contribution is 5.27. The van der Waals surface area contributed by atoms with E-state index < -0.39 is 12.3 Å². The van der Waals surface area contributed by atoms with E-state index in [4.69, 9.17) is 0 Å². The van der Waals surface area contributed by atoms with E-state index in [2.05, 4.69) is 23.8 Å². The topological polar surface area (TPSA) is 64.5 Å². The molecular weight excluding hydrogens is 252 g/mol. The van der Waals surface area contributed by atoms with E-state index in [-0.39, 0.29) is 12.1 Å². The van der Waals surface area contributed by atoms with Crippen molar-refractivity contribution < 1.29 is 10.2 Å². The number of aliphatic hydroxyl groups excluding tert-OH is 2. The molecule has 0 rings (SSSR count). The number of rotatable bonds is 10. The smallest absolute Gasteiger partial charge is 0.121 e. The molecular formula is C16H30N2O2. The molecule has 4 N–H and O–H groups in total. The quantitative estimate of drug-likeness (QED) is 0.364. The van der Waals surface area contributed by atoms with Gasteiger partial charge < -0.3 is 15.5 Å². The Bertz CT molecular complexity index is 337. The second-order valence-electron chi connectivity index (χ2n) is 5.24. The number of allylic oxidation sites excluding steroid dienone is 3. The molecule has 0 aliphatic carbocycles. The molecule has 4 heteroatoms. The number of hydrogen-bond donors (Lipinski definition) is 4. The van der Waals surface area contributed by atoms with Crippen LogP contribution in [-0.4, -0.2) is 41.7 Å². The standard InChI is InChI=1S/C16H30N2O2/c1-7-13(9-11(3)4)10-15(17-6)16(20)18-14(8-2)12(5)19/h7,9,12,14-20H,1,3,8,10H2,2,4-6H3/b13-9+. The molecule has 0 saturated heterocycles. The minimum Gasteiger partial charge on any atom is -0.392 e. The fourth-order valence-corrected chi connectivity index (χ4v) is 2.08. The van der Waals surface area contributed by atoms with Gasteiger partial charge in [0.1, 0.15) is 6.23 Å². The van der Waals surface area contributed by atoms with Crippen LogP contribution in [0, 0.1) is 0 Å². The van der Waals surface area contributed by atoms with Crippen LogP contribution in [0.2, 0.25) is 0 Å². The van der Waals surface area contributed by atoms with Gasteiger partial charge in [0.25, 0.3) is 0 Å². The van der Waals surface area contributed by atoms with Gasteiger partial charge in [-0.25, -0.2) is 0 Å². The van der Waals surface area contributed by atoms with Crippen LogP contribution in [0.25, 0.3) is 0 Å². The van der Waals surface area contributed by atoms with Crippen LogP contribution in [0.4, 0.5) is 0 Å². The summed E-state index contributed by atoms with van der Waals surface area (Å²) in [6.45, 7) is 13.3. The van der Waals surface area contributed by atoms with Crippen LogP contribution in [0.3, 0.4) is 0 Å². The second kappa shape index (κ2) is 9.88. The molecule has 0 spiro atoms. The summed E-state index contributed by atoms with van der Waals surface area (Å²) in [4.78, 5) is 0. The third-order valence-corrected chi connectivity index (χ3v) is 3.31. The molecule has 4 unspecified atom stereocenters. The van der Waals surface area contributed by atoms with Crippen LogP contribution in [-0.2, 0) is 0 Å². The first-order chi connectivity index (χ1) is 9.35. The Labute approximate surface area is 123 Å². The molecule has 116 valence electrons. The largest absolute Gasteiger partial charge is 0.392 e. The van der Waals surface area contributed by atoms with Crippen LogP contribution in [0.5, 0.6) is 0 Å². The molecule has 0 amide bonds. The Morgan fingerprint density at radius 1 is 1.30 bits per heavy atom. The van der Waals surface area contributed by atoms with Crippen molar-refractivity contribution in [2.45, 2.75) is 58.0 Å². The van der Waals surface area contributed by atoms with E-state index in [1.54, 1.807) is 20.0 Å². The van der Waals surface area contributed by atoms with Gasteiger partial charge in [-0.1, -0.05) is 37.8 Å².